The standard InChI is InChI=1S/C20H18F2O2/c1-24-19-9-7-16(8-10-19)11-13-20(21,22)14-12-18(15-23)17-5-3-2-4-6-17/h2-11,13H,12,14H2,1H3/b13-11+. The van der Waals surface area contributed by atoms with Crippen molar-refractivity contribution < 1.29 is 18.3 Å². The van der Waals surface area contributed by atoms with Crippen molar-refractivity contribution in [2.75, 3.05) is 7.11 Å². The normalized spacial score (nSPS) is 11.3. The number of rotatable bonds is 7. The zero-order valence-electron chi connectivity index (χ0n) is 13.3. The molecule has 0 aromatic heterocycles. The molecule has 2 rings (SSSR count). The zero-order valence-corrected chi connectivity index (χ0v) is 13.3. The maximum absolute atomic E-state index is 14.0. The van der Waals surface area contributed by atoms with Crippen LogP contribution in [0.25, 0.3) is 11.6 Å². The number of benzene rings is 2. The second kappa shape index (κ2) is 8.23. The van der Waals surface area contributed by atoms with Crippen LogP contribution < -0.4 is 4.74 Å². The van der Waals surface area contributed by atoms with Gasteiger partial charge >= 0.3 is 0 Å². The summed E-state index contributed by atoms with van der Waals surface area (Å²) in [6.07, 6.45) is 1.75. The first-order valence-electron chi connectivity index (χ1n) is 7.54. The molecule has 4 heteroatoms. The molecule has 0 saturated heterocycles. The Balaban J connectivity index is 1.99. The molecular formula is C20H18F2O2. The van der Waals surface area contributed by atoms with E-state index in [1.807, 2.05) is 0 Å². The van der Waals surface area contributed by atoms with Crippen LogP contribution in [0.2, 0.25) is 0 Å². The van der Waals surface area contributed by atoms with Crippen LogP contribution in [0, 0.1) is 0 Å². The monoisotopic (exact) mass is 328 g/mol. The van der Waals surface area contributed by atoms with Crippen LogP contribution in [-0.4, -0.2) is 19.0 Å². The largest absolute Gasteiger partial charge is 0.497 e. The minimum Gasteiger partial charge on any atom is -0.497 e. The fourth-order valence-corrected chi connectivity index (χ4v) is 2.20. The van der Waals surface area contributed by atoms with E-state index < -0.39 is 12.3 Å². The Kier molecular flexibility index (Phi) is 6.05. The summed E-state index contributed by atoms with van der Waals surface area (Å²) in [6.45, 7) is 0. The Morgan fingerprint density at radius 1 is 1.12 bits per heavy atom. The minimum absolute atomic E-state index is 0.0343. The van der Waals surface area contributed by atoms with Gasteiger partial charge in [0.25, 0.3) is 5.92 Å². The van der Waals surface area contributed by atoms with E-state index in [2.05, 4.69) is 0 Å². The smallest absolute Gasteiger partial charge is 0.267 e. The first kappa shape index (κ1) is 17.6. The van der Waals surface area contributed by atoms with Gasteiger partial charge in [-0.3, -0.25) is 0 Å². The summed E-state index contributed by atoms with van der Waals surface area (Å²) in [7, 11) is 1.55. The highest BCUT2D eigenvalue weighted by Crippen LogP contribution is 2.28. The van der Waals surface area contributed by atoms with Crippen LogP contribution in [0.3, 0.4) is 0 Å². The molecule has 0 aliphatic carbocycles. The lowest BCUT2D eigenvalue weighted by molar-refractivity contribution is 0.0483. The molecule has 0 amide bonds. The van der Waals surface area contributed by atoms with Crippen molar-refractivity contribution >= 4 is 17.6 Å². The molecule has 0 aliphatic rings. The van der Waals surface area contributed by atoms with E-state index in [1.165, 1.54) is 6.08 Å². The predicted octanol–water partition coefficient (Wildman–Crippen LogP) is 5.04. The van der Waals surface area contributed by atoms with E-state index in [4.69, 9.17) is 4.74 Å². The van der Waals surface area contributed by atoms with Gasteiger partial charge in [0.2, 0.25) is 0 Å². The molecule has 0 heterocycles. The van der Waals surface area contributed by atoms with Crippen molar-refractivity contribution in [3.8, 4) is 5.75 Å². The molecule has 2 nitrogen and oxygen atoms in total. The summed E-state index contributed by atoms with van der Waals surface area (Å²) < 4.78 is 33.0. The molecule has 0 saturated carbocycles. The maximum Gasteiger partial charge on any atom is 0.267 e. The molecule has 0 spiro atoms. The number of halogens is 2. The predicted molar refractivity (Wildman–Crippen MR) is 91.8 cm³/mol. The van der Waals surface area contributed by atoms with Crippen LogP contribution in [0.5, 0.6) is 5.75 Å². The van der Waals surface area contributed by atoms with Crippen molar-refractivity contribution in [3.05, 3.63) is 71.8 Å². The lowest BCUT2D eigenvalue weighted by atomic mass is 10.00. The number of carbonyl (C=O) groups excluding carboxylic acids is 1. The third-order valence-corrected chi connectivity index (χ3v) is 3.59. The highest BCUT2D eigenvalue weighted by atomic mass is 19.3. The summed E-state index contributed by atoms with van der Waals surface area (Å²) in [6, 6.07) is 15.6. The molecule has 0 aliphatic heterocycles. The molecule has 0 bridgehead atoms. The van der Waals surface area contributed by atoms with Gasteiger partial charge in [0.15, 0.2) is 0 Å². The molecule has 124 valence electrons. The van der Waals surface area contributed by atoms with E-state index >= 15 is 0 Å². The molecule has 24 heavy (non-hydrogen) atoms. The molecule has 2 aromatic rings. The molecule has 0 unspecified atom stereocenters. The quantitative estimate of drug-likeness (QED) is 0.666. The summed E-state index contributed by atoms with van der Waals surface area (Å²) in [5, 5.41) is 0. The third-order valence-electron chi connectivity index (χ3n) is 3.59. The van der Waals surface area contributed by atoms with Crippen molar-refractivity contribution in [1.29, 1.82) is 0 Å². The molecule has 0 N–H and O–H groups in total. The zero-order chi connectivity index (χ0) is 17.4. The number of hydrogen-bond acceptors (Lipinski definition) is 2. The summed E-state index contributed by atoms with van der Waals surface area (Å²) in [4.78, 5) is 11.0. The van der Waals surface area contributed by atoms with Gasteiger partial charge in [-0.05, 0) is 35.8 Å². The second-order valence-corrected chi connectivity index (χ2v) is 5.31. The fourth-order valence-electron chi connectivity index (χ4n) is 2.20. The van der Waals surface area contributed by atoms with Gasteiger partial charge in [0.1, 0.15) is 11.7 Å². The van der Waals surface area contributed by atoms with Gasteiger partial charge in [-0.1, -0.05) is 48.5 Å². The minimum atomic E-state index is -3.00. The number of alkyl halides is 2. The number of methoxy groups -OCH3 is 1. The van der Waals surface area contributed by atoms with Crippen molar-refractivity contribution in [3.63, 3.8) is 0 Å². The molecule has 0 atom stereocenters. The summed E-state index contributed by atoms with van der Waals surface area (Å²) in [5.41, 5.74) is 1.54. The molecule has 0 radical (unpaired) electrons. The average Bonchev–Trinajstić information content (AvgIpc) is 2.62. The van der Waals surface area contributed by atoms with E-state index in [9.17, 15) is 13.6 Å². The number of hydrogen-bond donors (Lipinski definition) is 0. The van der Waals surface area contributed by atoms with Crippen molar-refractivity contribution in [1.82, 2.24) is 0 Å². The van der Waals surface area contributed by atoms with E-state index in [1.54, 1.807) is 67.6 Å². The number of ether oxygens (including phenoxy) is 1. The lowest BCUT2D eigenvalue weighted by Crippen LogP contribution is -2.12. The highest BCUT2D eigenvalue weighted by molar-refractivity contribution is 5.87. The molecular weight excluding hydrogens is 310 g/mol. The third kappa shape index (κ3) is 5.18. The van der Waals surface area contributed by atoms with E-state index in [0.717, 1.165) is 6.08 Å². The van der Waals surface area contributed by atoms with Crippen LogP contribution >= 0.6 is 0 Å². The van der Waals surface area contributed by atoms with E-state index in [-0.39, 0.29) is 12.0 Å². The van der Waals surface area contributed by atoms with E-state index in [0.29, 0.717) is 16.9 Å². The van der Waals surface area contributed by atoms with Gasteiger partial charge < -0.3 is 4.74 Å². The number of allylic oxidation sites excluding steroid dienone is 2. The van der Waals surface area contributed by atoms with Crippen molar-refractivity contribution in [2.45, 2.75) is 18.8 Å². The molecule has 2 aromatic carbocycles. The average molecular weight is 328 g/mol. The van der Waals surface area contributed by atoms with Gasteiger partial charge in [-0.25, -0.2) is 13.6 Å². The van der Waals surface area contributed by atoms with Crippen LogP contribution in [-0.2, 0) is 4.79 Å². The first-order valence-corrected chi connectivity index (χ1v) is 7.54. The summed E-state index contributed by atoms with van der Waals surface area (Å²) in [5.74, 6) is -0.561. The van der Waals surface area contributed by atoms with Crippen LogP contribution in [0.1, 0.15) is 24.0 Å². The van der Waals surface area contributed by atoms with Crippen LogP contribution in [0.15, 0.2) is 60.7 Å². The molecule has 0 fully saturated rings. The van der Waals surface area contributed by atoms with Gasteiger partial charge in [-0.15, -0.1) is 0 Å². The lowest BCUT2D eigenvalue weighted by Gasteiger charge is -2.12. The Morgan fingerprint density at radius 2 is 1.79 bits per heavy atom. The van der Waals surface area contributed by atoms with Gasteiger partial charge in [-0.2, -0.15) is 0 Å². The van der Waals surface area contributed by atoms with Crippen LogP contribution in [0.4, 0.5) is 8.78 Å². The second-order valence-electron chi connectivity index (χ2n) is 5.31. The summed E-state index contributed by atoms with van der Waals surface area (Å²) >= 11 is 0. The topological polar surface area (TPSA) is 26.3 Å². The Bertz CT molecular complexity index is 728. The van der Waals surface area contributed by atoms with Crippen molar-refractivity contribution in [2.24, 2.45) is 0 Å². The Hall–Kier alpha value is -2.71. The van der Waals surface area contributed by atoms with Gasteiger partial charge in [0, 0.05) is 12.0 Å². The Labute approximate surface area is 140 Å². The van der Waals surface area contributed by atoms with Gasteiger partial charge in [0.05, 0.1) is 7.11 Å². The highest BCUT2D eigenvalue weighted by Gasteiger charge is 2.25. The SMILES string of the molecule is COc1ccc(/C=C/C(F)(F)CCC(=C=O)c2ccccc2)cc1. The Morgan fingerprint density at radius 3 is 2.38 bits per heavy atom. The fraction of sp³-hybridized carbons (Fsp3) is 0.200. The first-order chi connectivity index (χ1) is 11.5. The maximum atomic E-state index is 14.0.